The van der Waals surface area contributed by atoms with Crippen LogP contribution in [0.1, 0.15) is 43.5 Å². The van der Waals surface area contributed by atoms with E-state index in [1.807, 2.05) is 23.1 Å². The lowest BCUT2D eigenvalue weighted by Gasteiger charge is -2.15. The van der Waals surface area contributed by atoms with Crippen molar-refractivity contribution >= 4 is 33.4 Å². The Balaban J connectivity index is 1.28. The van der Waals surface area contributed by atoms with Gasteiger partial charge in [-0.25, -0.2) is 4.98 Å². The monoisotopic (exact) mass is 359 g/mol. The van der Waals surface area contributed by atoms with Gasteiger partial charge in [-0.05, 0) is 44.2 Å². The van der Waals surface area contributed by atoms with Crippen LogP contribution in [-0.4, -0.2) is 41.3 Å². The van der Waals surface area contributed by atoms with Crippen LogP contribution >= 0.6 is 11.3 Å². The van der Waals surface area contributed by atoms with Crippen LogP contribution in [0.4, 0.5) is 0 Å². The maximum atomic E-state index is 11.9. The number of rotatable bonds is 8. The minimum absolute atomic E-state index is 0.0403. The molecule has 1 aliphatic rings. The second kappa shape index (κ2) is 8.94. The van der Waals surface area contributed by atoms with Crippen molar-refractivity contribution in [3.8, 4) is 0 Å². The number of fused-ring (bicyclic) bond motifs is 1. The molecule has 0 bridgehead atoms. The van der Waals surface area contributed by atoms with E-state index in [1.54, 1.807) is 11.3 Å². The number of nitrogens with zero attached hydrogens (tertiary/aromatic N) is 2. The smallest absolute Gasteiger partial charge is 0.224 e. The summed E-state index contributed by atoms with van der Waals surface area (Å²) in [6, 6.07) is 8.16. The third-order valence-corrected chi connectivity index (χ3v) is 5.60. The third-order valence-electron chi connectivity index (χ3n) is 4.50. The fourth-order valence-electron chi connectivity index (χ4n) is 3.11. The Morgan fingerprint density at radius 3 is 2.72 bits per heavy atom. The molecule has 3 rings (SSSR count). The predicted molar refractivity (Wildman–Crippen MR) is 101 cm³/mol. The standard InChI is InChI=1S/C19H25N3O2S/c23-17(20-12-11-19(24)22-13-5-6-14-22)9-3-4-10-18-21-15-7-1-2-8-16(15)25-18/h1-2,7-8H,3-6,9-14H2,(H,20,23). The van der Waals surface area contributed by atoms with Crippen molar-refractivity contribution in [2.45, 2.75) is 44.9 Å². The first kappa shape index (κ1) is 17.9. The van der Waals surface area contributed by atoms with Gasteiger partial charge in [-0.1, -0.05) is 12.1 Å². The van der Waals surface area contributed by atoms with Crippen molar-refractivity contribution in [3.63, 3.8) is 0 Å². The molecular weight excluding hydrogens is 334 g/mol. The zero-order valence-electron chi connectivity index (χ0n) is 14.5. The van der Waals surface area contributed by atoms with Gasteiger partial charge in [0.1, 0.15) is 0 Å². The molecular formula is C19H25N3O2S. The lowest BCUT2D eigenvalue weighted by atomic mass is 10.2. The molecule has 0 saturated carbocycles. The van der Waals surface area contributed by atoms with Gasteiger partial charge in [-0.3, -0.25) is 9.59 Å². The van der Waals surface area contributed by atoms with Gasteiger partial charge in [0.05, 0.1) is 15.2 Å². The summed E-state index contributed by atoms with van der Waals surface area (Å²) in [7, 11) is 0. The lowest BCUT2D eigenvalue weighted by Crippen LogP contribution is -2.32. The highest BCUT2D eigenvalue weighted by molar-refractivity contribution is 7.18. The first-order valence-corrected chi connectivity index (χ1v) is 9.93. The molecule has 0 spiro atoms. The highest BCUT2D eigenvalue weighted by Crippen LogP contribution is 2.22. The number of aromatic nitrogens is 1. The molecule has 25 heavy (non-hydrogen) atoms. The van der Waals surface area contributed by atoms with Crippen molar-refractivity contribution in [1.29, 1.82) is 0 Å². The minimum Gasteiger partial charge on any atom is -0.356 e. The molecule has 0 atom stereocenters. The van der Waals surface area contributed by atoms with Crippen LogP contribution in [-0.2, 0) is 16.0 Å². The number of amides is 2. The zero-order chi connectivity index (χ0) is 17.5. The van der Waals surface area contributed by atoms with Gasteiger partial charge in [-0.15, -0.1) is 11.3 Å². The summed E-state index contributed by atoms with van der Waals surface area (Å²) in [5, 5.41) is 3.99. The van der Waals surface area contributed by atoms with Crippen LogP contribution in [0.5, 0.6) is 0 Å². The predicted octanol–water partition coefficient (Wildman–Crippen LogP) is 3.14. The van der Waals surface area contributed by atoms with Gasteiger partial charge >= 0.3 is 0 Å². The number of benzene rings is 1. The van der Waals surface area contributed by atoms with Crippen LogP contribution < -0.4 is 5.32 Å². The lowest BCUT2D eigenvalue weighted by molar-refractivity contribution is -0.130. The highest BCUT2D eigenvalue weighted by atomic mass is 32.1. The Hall–Kier alpha value is -1.95. The molecule has 2 aromatic rings. The number of hydrogen-bond donors (Lipinski definition) is 1. The van der Waals surface area contributed by atoms with Crippen molar-refractivity contribution in [1.82, 2.24) is 15.2 Å². The molecule has 2 heterocycles. The van der Waals surface area contributed by atoms with Crippen molar-refractivity contribution in [2.24, 2.45) is 0 Å². The molecule has 1 aliphatic heterocycles. The Morgan fingerprint density at radius 2 is 1.92 bits per heavy atom. The Bertz CT molecular complexity index is 689. The molecule has 0 aliphatic carbocycles. The second-order valence-electron chi connectivity index (χ2n) is 6.47. The van der Waals surface area contributed by atoms with Crippen molar-refractivity contribution in [3.05, 3.63) is 29.3 Å². The van der Waals surface area contributed by atoms with Gasteiger partial charge in [-0.2, -0.15) is 0 Å². The summed E-state index contributed by atoms with van der Waals surface area (Å²) >= 11 is 1.73. The van der Waals surface area contributed by atoms with Crippen molar-refractivity contribution in [2.75, 3.05) is 19.6 Å². The van der Waals surface area contributed by atoms with E-state index in [-0.39, 0.29) is 11.8 Å². The summed E-state index contributed by atoms with van der Waals surface area (Å²) in [6.45, 7) is 2.20. The minimum atomic E-state index is 0.0403. The number of hydrogen-bond acceptors (Lipinski definition) is 4. The molecule has 0 radical (unpaired) electrons. The van der Waals surface area contributed by atoms with E-state index >= 15 is 0 Å². The SMILES string of the molecule is O=C(CCCCc1nc2ccccc2s1)NCCC(=O)N1CCCC1. The van der Waals surface area contributed by atoms with Crippen LogP contribution in [0, 0.1) is 0 Å². The summed E-state index contributed by atoms with van der Waals surface area (Å²) in [4.78, 5) is 30.2. The largest absolute Gasteiger partial charge is 0.356 e. The van der Waals surface area contributed by atoms with E-state index in [0.29, 0.717) is 19.4 Å². The molecule has 0 unspecified atom stereocenters. The first-order valence-electron chi connectivity index (χ1n) is 9.11. The maximum absolute atomic E-state index is 11.9. The third kappa shape index (κ3) is 5.26. The zero-order valence-corrected chi connectivity index (χ0v) is 15.3. The maximum Gasteiger partial charge on any atom is 0.224 e. The Labute approximate surface area is 152 Å². The van der Waals surface area contributed by atoms with E-state index < -0.39 is 0 Å². The van der Waals surface area contributed by atoms with E-state index in [1.165, 1.54) is 4.70 Å². The van der Waals surface area contributed by atoms with Gasteiger partial charge in [0.15, 0.2) is 0 Å². The average Bonchev–Trinajstić information content (AvgIpc) is 3.27. The number of para-hydroxylation sites is 1. The van der Waals surface area contributed by atoms with Crippen LogP contribution in [0.25, 0.3) is 10.2 Å². The molecule has 1 N–H and O–H groups in total. The molecule has 1 aromatic carbocycles. The molecule has 1 aromatic heterocycles. The highest BCUT2D eigenvalue weighted by Gasteiger charge is 2.17. The normalized spacial score (nSPS) is 14.2. The Morgan fingerprint density at radius 1 is 1.12 bits per heavy atom. The molecule has 5 nitrogen and oxygen atoms in total. The summed E-state index contributed by atoms with van der Waals surface area (Å²) < 4.78 is 1.22. The van der Waals surface area contributed by atoms with Crippen LogP contribution in [0.15, 0.2) is 24.3 Å². The van der Waals surface area contributed by atoms with Crippen LogP contribution in [0.3, 0.4) is 0 Å². The average molecular weight is 359 g/mol. The fraction of sp³-hybridized carbons (Fsp3) is 0.526. The van der Waals surface area contributed by atoms with Gasteiger partial charge in [0, 0.05) is 32.5 Å². The summed E-state index contributed by atoms with van der Waals surface area (Å²) in [5.74, 6) is 0.201. The van der Waals surface area contributed by atoms with Gasteiger partial charge in [0.25, 0.3) is 0 Å². The number of thiazole rings is 1. The number of carbonyl (C=O) groups is 2. The number of likely N-dealkylation sites (tertiary alicyclic amines) is 1. The van der Waals surface area contributed by atoms with E-state index in [0.717, 1.165) is 55.7 Å². The van der Waals surface area contributed by atoms with Crippen molar-refractivity contribution < 1.29 is 9.59 Å². The number of carbonyl (C=O) groups excluding carboxylic acids is 2. The summed E-state index contributed by atoms with van der Waals surface area (Å²) in [5.41, 5.74) is 1.06. The molecule has 1 saturated heterocycles. The molecule has 6 heteroatoms. The van der Waals surface area contributed by atoms with E-state index in [4.69, 9.17) is 0 Å². The van der Waals surface area contributed by atoms with Crippen LogP contribution in [0.2, 0.25) is 0 Å². The Kier molecular flexibility index (Phi) is 6.39. The van der Waals surface area contributed by atoms with E-state index in [2.05, 4.69) is 16.4 Å². The number of nitrogens with one attached hydrogen (secondary N) is 1. The van der Waals surface area contributed by atoms with Gasteiger partial charge < -0.3 is 10.2 Å². The topological polar surface area (TPSA) is 62.3 Å². The molecule has 1 fully saturated rings. The van der Waals surface area contributed by atoms with Gasteiger partial charge in [0.2, 0.25) is 11.8 Å². The fourth-order valence-corrected chi connectivity index (χ4v) is 4.12. The van der Waals surface area contributed by atoms with E-state index in [9.17, 15) is 9.59 Å². The molecule has 134 valence electrons. The second-order valence-corrected chi connectivity index (χ2v) is 7.59. The molecule has 2 amide bonds. The summed E-state index contributed by atoms with van der Waals surface area (Å²) in [6.07, 6.45) is 5.86. The quantitative estimate of drug-likeness (QED) is 0.737. The number of unbranched alkanes of at least 4 members (excludes halogenated alkanes) is 1. The first-order chi connectivity index (χ1) is 12.2. The number of aryl methyl sites for hydroxylation is 1.